The fourth-order valence-corrected chi connectivity index (χ4v) is 3.83. The Balaban J connectivity index is 1.67. The van der Waals surface area contributed by atoms with E-state index < -0.39 is 11.7 Å². The Kier molecular flexibility index (Phi) is 5.39. The molecule has 0 bridgehead atoms. The molecule has 0 aromatic heterocycles. The summed E-state index contributed by atoms with van der Waals surface area (Å²) in [5.41, 5.74) is -0.550. The van der Waals surface area contributed by atoms with Crippen LogP contribution in [0.15, 0.2) is 24.3 Å². The van der Waals surface area contributed by atoms with Gasteiger partial charge in [-0.25, -0.2) is 0 Å². The molecule has 0 spiro atoms. The van der Waals surface area contributed by atoms with Crippen LogP contribution in [0.4, 0.5) is 13.2 Å². The SMILES string of the molecule is O=C(C=Cc1cc(Cl)cc(C(F)(F)F)c1)N1CC[C@@H]2CNC[C@@H]2CC1. The minimum absolute atomic E-state index is 0.00276. The maximum Gasteiger partial charge on any atom is 0.416 e. The van der Waals surface area contributed by atoms with Crippen molar-refractivity contribution in [2.75, 3.05) is 26.2 Å². The summed E-state index contributed by atoms with van der Waals surface area (Å²) in [7, 11) is 0. The third kappa shape index (κ3) is 4.55. The molecule has 1 amide bonds. The van der Waals surface area contributed by atoms with E-state index in [1.807, 2.05) is 0 Å². The number of fused-ring (bicyclic) bond motifs is 1. The van der Waals surface area contributed by atoms with Crippen molar-refractivity contribution in [2.24, 2.45) is 11.8 Å². The van der Waals surface area contributed by atoms with Crippen LogP contribution >= 0.6 is 11.6 Å². The minimum Gasteiger partial charge on any atom is -0.339 e. The van der Waals surface area contributed by atoms with E-state index in [1.54, 1.807) is 4.90 Å². The van der Waals surface area contributed by atoms with Gasteiger partial charge in [0.05, 0.1) is 5.56 Å². The Labute approximate surface area is 149 Å². The van der Waals surface area contributed by atoms with Gasteiger partial charge >= 0.3 is 6.18 Å². The lowest BCUT2D eigenvalue weighted by atomic mass is 9.92. The van der Waals surface area contributed by atoms with E-state index in [1.165, 1.54) is 18.2 Å². The van der Waals surface area contributed by atoms with Gasteiger partial charge in [-0.05, 0) is 67.6 Å². The van der Waals surface area contributed by atoms with E-state index in [0.29, 0.717) is 24.9 Å². The highest BCUT2D eigenvalue weighted by atomic mass is 35.5. The second-order valence-corrected chi connectivity index (χ2v) is 7.12. The molecule has 2 aliphatic rings. The summed E-state index contributed by atoms with van der Waals surface area (Å²) in [6.07, 6.45) is 0.204. The summed E-state index contributed by atoms with van der Waals surface area (Å²) >= 11 is 5.76. The van der Waals surface area contributed by atoms with Gasteiger partial charge in [-0.2, -0.15) is 13.2 Å². The minimum atomic E-state index is -4.46. The largest absolute Gasteiger partial charge is 0.416 e. The molecule has 3 nitrogen and oxygen atoms in total. The molecule has 7 heteroatoms. The van der Waals surface area contributed by atoms with Crippen LogP contribution in [0, 0.1) is 11.8 Å². The van der Waals surface area contributed by atoms with E-state index in [4.69, 9.17) is 11.6 Å². The van der Waals surface area contributed by atoms with E-state index in [2.05, 4.69) is 5.32 Å². The van der Waals surface area contributed by atoms with Crippen molar-refractivity contribution in [2.45, 2.75) is 19.0 Å². The molecular weight excluding hydrogens is 353 g/mol. The number of hydrogen-bond donors (Lipinski definition) is 1. The first-order valence-electron chi connectivity index (χ1n) is 8.38. The number of nitrogens with zero attached hydrogens (tertiary/aromatic N) is 1. The number of benzene rings is 1. The Morgan fingerprint density at radius 1 is 1.16 bits per heavy atom. The molecule has 3 rings (SSSR count). The maximum absolute atomic E-state index is 12.8. The predicted octanol–water partition coefficient (Wildman–Crippen LogP) is 3.83. The predicted molar refractivity (Wildman–Crippen MR) is 91.2 cm³/mol. The third-order valence-corrected chi connectivity index (χ3v) is 5.22. The molecule has 1 aromatic rings. The summed E-state index contributed by atoms with van der Waals surface area (Å²) in [6.45, 7) is 3.39. The Hall–Kier alpha value is -1.53. The zero-order valence-corrected chi connectivity index (χ0v) is 14.4. The second-order valence-electron chi connectivity index (χ2n) is 6.69. The van der Waals surface area contributed by atoms with Crippen molar-refractivity contribution in [1.82, 2.24) is 10.2 Å². The first-order chi connectivity index (χ1) is 11.8. The fraction of sp³-hybridized carbons (Fsp3) is 0.500. The van der Waals surface area contributed by atoms with Crippen LogP contribution in [0.2, 0.25) is 5.02 Å². The Bertz CT molecular complexity index is 661. The highest BCUT2D eigenvalue weighted by Crippen LogP contribution is 2.32. The van der Waals surface area contributed by atoms with E-state index >= 15 is 0 Å². The van der Waals surface area contributed by atoms with Gasteiger partial charge in [-0.3, -0.25) is 4.79 Å². The van der Waals surface area contributed by atoms with Crippen LogP contribution in [0.1, 0.15) is 24.0 Å². The molecule has 2 fully saturated rings. The standard InChI is InChI=1S/C18H20ClF3N2O/c19-16-8-12(7-15(9-16)18(20,21)22)1-2-17(25)24-5-3-13-10-23-11-14(13)4-6-24/h1-2,7-9,13-14,23H,3-6,10-11H2/t13-,14+. The Morgan fingerprint density at radius 2 is 1.80 bits per heavy atom. The molecule has 136 valence electrons. The molecule has 0 saturated carbocycles. The van der Waals surface area contributed by atoms with Crippen molar-refractivity contribution in [3.63, 3.8) is 0 Å². The van der Waals surface area contributed by atoms with Crippen molar-refractivity contribution in [3.05, 3.63) is 40.4 Å². The maximum atomic E-state index is 12.8. The smallest absolute Gasteiger partial charge is 0.339 e. The molecule has 2 atom stereocenters. The van der Waals surface area contributed by atoms with Crippen LogP contribution in [0.5, 0.6) is 0 Å². The van der Waals surface area contributed by atoms with Crippen LogP contribution < -0.4 is 5.32 Å². The van der Waals surface area contributed by atoms with Crippen molar-refractivity contribution in [3.8, 4) is 0 Å². The van der Waals surface area contributed by atoms with Gasteiger partial charge in [0, 0.05) is 24.2 Å². The molecule has 2 heterocycles. The molecule has 0 radical (unpaired) electrons. The number of alkyl halides is 3. The Morgan fingerprint density at radius 3 is 2.40 bits per heavy atom. The number of nitrogens with one attached hydrogen (secondary N) is 1. The molecule has 25 heavy (non-hydrogen) atoms. The van der Waals surface area contributed by atoms with E-state index in [-0.39, 0.29) is 16.5 Å². The number of hydrogen-bond acceptors (Lipinski definition) is 2. The number of rotatable bonds is 2. The lowest BCUT2D eigenvalue weighted by Crippen LogP contribution is -2.31. The first-order valence-corrected chi connectivity index (χ1v) is 8.76. The van der Waals surface area contributed by atoms with Crippen LogP contribution in [-0.2, 0) is 11.0 Å². The van der Waals surface area contributed by atoms with Gasteiger partial charge in [0.25, 0.3) is 0 Å². The van der Waals surface area contributed by atoms with Crippen molar-refractivity contribution < 1.29 is 18.0 Å². The number of likely N-dealkylation sites (tertiary alicyclic amines) is 1. The molecule has 1 aromatic carbocycles. The molecule has 0 aliphatic carbocycles. The molecular formula is C18H20ClF3N2O. The van der Waals surface area contributed by atoms with Crippen molar-refractivity contribution >= 4 is 23.6 Å². The highest BCUT2D eigenvalue weighted by molar-refractivity contribution is 6.30. The van der Waals surface area contributed by atoms with Gasteiger partial charge in [-0.15, -0.1) is 0 Å². The summed E-state index contributed by atoms with van der Waals surface area (Å²) in [6, 6.07) is 3.29. The number of amides is 1. The summed E-state index contributed by atoms with van der Waals surface area (Å²) in [4.78, 5) is 14.2. The molecule has 0 unspecified atom stereocenters. The molecule has 1 N–H and O–H groups in total. The van der Waals surface area contributed by atoms with Gasteiger partial charge in [0.15, 0.2) is 0 Å². The molecule has 2 aliphatic heterocycles. The zero-order chi connectivity index (χ0) is 18.0. The van der Waals surface area contributed by atoms with Crippen LogP contribution in [0.25, 0.3) is 6.08 Å². The highest BCUT2D eigenvalue weighted by Gasteiger charge is 2.32. The number of carbonyl (C=O) groups is 1. The van der Waals surface area contributed by atoms with Crippen molar-refractivity contribution in [1.29, 1.82) is 0 Å². The number of carbonyl (C=O) groups excluding carboxylic acids is 1. The first kappa shape index (κ1) is 18.3. The fourth-order valence-electron chi connectivity index (χ4n) is 3.58. The lowest BCUT2D eigenvalue weighted by molar-refractivity contribution is -0.137. The summed E-state index contributed by atoms with van der Waals surface area (Å²) in [5.74, 6) is 1.06. The average molecular weight is 373 g/mol. The van der Waals surface area contributed by atoms with Gasteiger partial charge < -0.3 is 10.2 Å². The summed E-state index contributed by atoms with van der Waals surface area (Å²) < 4.78 is 38.5. The third-order valence-electron chi connectivity index (χ3n) is 5.00. The second kappa shape index (κ2) is 7.38. The van der Waals surface area contributed by atoms with Gasteiger partial charge in [0.2, 0.25) is 5.91 Å². The lowest BCUT2D eigenvalue weighted by Gasteiger charge is -2.19. The van der Waals surface area contributed by atoms with E-state index in [0.717, 1.165) is 38.1 Å². The normalized spacial score (nSPS) is 24.4. The van der Waals surface area contributed by atoms with Crippen LogP contribution in [0.3, 0.4) is 0 Å². The number of halogens is 4. The quantitative estimate of drug-likeness (QED) is 0.800. The summed E-state index contributed by atoms with van der Waals surface area (Å²) in [5, 5.41) is 3.38. The average Bonchev–Trinajstić information content (AvgIpc) is 2.90. The van der Waals surface area contributed by atoms with Crippen LogP contribution in [-0.4, -0.2) is 37.0 Å². The topological polar surface area (TPSA) is 32.3 Å². The monoisotopic (exact) mass is 372 g/mol. The van der Waals surface area contributed by atoms with Gasteiger partial charge in [0.1, 0.15) is 0 Å². The molecule has 2 saturated heterocycles. The van der Waals surface area contributed by atoms with E-state index in [9.17, 15) is 18.0 Å². The zero-order valence-electron chi connectivity index (χ0n) is 13.7. The van der Waals surface area contributed by atoms with Gasteiger partial charge in [-0.1, -0.05) is 11.6 Å².